The summed E-state index contributed by atoms with van der Waals surface area (Å²) in [7, 11) is -8.55. The second-order valence-corrected chi connectivity index (χ2v) is 7.76. The van der Waals surface area contributed by atoms with E-state index >= 15 is 0 Å². The summed E-state index contributed by atoms with van der Waals surface area (Å²) in [5.41, 5.74) is 1.26. The number of rotatable bonds is 3. The number of pyridine rings is 1. The van der Waals surface area contributed by atoms with E-state index in [1.165, 1.54) is 12.8 Å². The maximum absolute atomic E-state index is 12.1. The van der Waals surface area contributed by atoms with E-state index in [9.17, 15) is 25.9 Å². The fourth-order valence-electron chi connectivity index (χ4n) is 3.45. The first-order chi connectivity index (χ1) is 13.1. The van der Waals surface area contributed by atoms with Crippen molar-refractivity contribution in [1.82, 2.24) is 24.7 Å². The molecule has 0 bridgehead atoms. The zero-order valence-electron chi connectivity index (χ0n) is 15.2. The van der Waals surface area contributed by atoms with Gasteiger partial charge < -0.3 is 9.44 Å². The SMILES string of the molecule is FP(F)(F)(F)F.O=[n+]1[nH]n(C(N2CCCC2)N2CCOCC2)c2cccnc21.[F-]. The first-order valence-electron chi connectivity index (χ1n) is 8.73. The Labute approximate surface area is 161 Å². The van der Waals surface area contributed by atoms with Crippen molar-refractivity contribution in [2.45, 2.75) is 19.1 Å². The third kappa shape index (κ3) is 6.63. The monoisotopic (exact) mass is 450 g/mol. The summed E-state index contributed by atoms with van der Waals surface area (Å²) in [6, 6.07) is 3.81. The fourth-order valence-corrected chi connectivity index (χ4v) is 3.45. The first-order valence-corrected chi connectivity index (χ1v) is 10.4. The molecule has 2 aromatic heterocycles. The van der Waals surface area contributed by atoms with Crippen LogP contribution in [0.2, 0.25) is 0 Å². The molecule has 2 fully saturated rings. The third-order valence-corrected chi connectivity index (χ3v) is 4.49. The number of hydrogen-bond donors (Lipinski definition) is 1. The predicted molar refractivity (Wildman–Crippen MR) is 92.1 cm³/mol. The molecular formula is C14H21F6N6O2P. The minimum absolute atomic E-state index is 0. The van der Waals surface area contributed by atoms with Crippen LogP contribution in [0, 0.1) is 4.91 Å². The number of nitrogens with zero attached hydrogens (tertiary/aromatic N) is 5. The summed E-state index contributed by atoms with van der Waals surface area (Å²) in [6.45, 7) is 5.31. The number of ether oxygens (including phenoxy) is 1. The van der Waals surface area contributed by atoms with Crippen LogP contribution in [0.5, 0.6) is 0 Å². The van der Waals surface area contributed by atoms with E-state index in [1.807, 2.05) is 16.8 Å². The normalized spacial score (nSPS) is 20.9. The van der Waals surface area contributed by atoms with Crippen molar-refractivity contribution >= 4 is 19.3 Å². The van der Waals surface area contributed by atoms with Gasteiger partial charge in [0.25, 0.3) is 0 Å². The quantitative estimate of drug-likeness (QED) is 0.409. The van der Waals surface area contributed by atoms with Crippen LogP contribution in [0.3, 0.4) is 0 Å². The maximum Gasteiger partial charge on any atom is 0.367 e. The first kappa shape index (κ1) is 23.5. The van der Waals surface area contributed by atoms with E-state index < -0.39 is 8.16 Å². The van der Waals surface area contributed by atoms with Gasteiger partial charge >= 0.3 is 34.8 Å². The summed E-state index contributed by atoms with van der Waals surface area (Å²) in [4.78, 5) is 21.1. The second-order valence-electron chi connectivity index (χ2n) is 6.49. The van der Waals surface area contributed by atoms with Crippen LogP contribution in [0.4, 0.5) is 21.0 Å². The van der Waals surface area contributed by atoms with Crippen LogP contribution in [-0.4, -0.2) is 64.1 Å². The van der Waals surface area contributed by atoms with Crippen molar-refractivity contribution in [2.75, 3.05) is 39.4 Å². The van der Waals surface area contributed by atoms with Gasteiger partial charge in [-0.2, -0.15) is 4.68 Å². The Morgan fingerprint density at radius 2 is 1.62 bits per heavy atom. The number of halogens is 6. The smallest absolute Gasteiger partial charge is 0.367 e. The van der Waals surface area contributed by atoms with E-state index in [0.29, 0.717) is 5.65 Å². The van der Waals surface area contributed by atoms with E-state index in [-0.39, 0.29) is 11.0 Å². The van der Waals surface area contributed by atoms with Crippen LogP contribution < -0.4 is 9.25 Å². The zero-order valence-corrected chi connectivity index (χ0v) is 16.1. The number of H-pyrrole nitrogens is 1. The summed E-state index contributed by atoms with van der Waals surface area (Å²) in [5.74, 6) is 0. The van der Waals surface area contributed by atoms with Gasteiger partial charge in [-0.1, -0.05) is 10.1 Å². The van der Waals surface area contributed by atoms with Crippen LogP contribution in [0.15, 0.2) is 18.3 Å². The van der Waals surface area contributed by atoms with Gasteiger partial charge in [0, 0.05) is 26.2 Å². The summed E-state index contributed by atoms with van der Waals surface area (Å²) in [6.07, 6.45) is 4.08. The molecule has 2 aromatic rings. The van der Waals surface area contributed by atoms with Gasteiger partial charge in [-0.25, -0.2) is 0 Å². The average molecular weight is 450 g/mol. The molecule has 0 amide bonds. The zero-order chi connectivity index (χ0) is 20.4. The number of nitrogens with one attached hydrogen (secondary N) is 1. The van der Waals surface area contributed by atoms with Crippen molar-refractivity contribution in [3.8, 4) is 0 Å². The van der Waals surface area contributed by atoms with Gasteiger partial charge in [-0.15, -0.1) is 4.98 Å². The molecule has 2 aliphatic rings. The van der Waals surface area contributed by atoms with Crippen molar-refractivity contribution in [2.24, 2.45) is 0 Å². The largest absolute Gasteiger partial charge is 1.00 e. The van der Waals surface area contributed by atoms with Gasteiger partial charge in [0.1, 0.15) is 6.20 Å². The van der Waals surface area contributed by atoms with Crippen molar-refractivity contribution in [3.63, 3.8) is 0 Å². The molecule has 2 aliphatic heterocycles. The maximum atomic E-state index is 12.1. The Balaban J connectivity index is 0.000000379. The molecule has 1 N–H and O–H groups in total. The Morgan fingerprint density at radius 3 is 2.21 bits per heavy atom. The summed E-state index contributed by atoms with van der Waals surface area (Å²) >= 11 is 0. The Morgan fingerprint density at radius 1 is 1.07 bits per heavy atom. The average Bonchev–Trinajstić information content (AvgIpc) is 3.24. The molecule has 1 unspecified atom stereocenters. The molecule has 166 valence electrons. The van der Waals surface area contributed by atoms with Gasteiger partial charge in [0.05, 0.1) is 17.8 Å². The van der Waals surface area contributed by atoms with Crippen LogP contribution >= 0.6 is 8.16 Å². The summed E-state index contributed by atoms with van der Waals surface area (Å²) in [5, 5.41) is 2.92. The molecule has 29 heavy (non-hydrogen) atoms. The molecule has 8 nitrogen and oxygen atoms in total. The Hall–Kier alpha value is -1.76. The van der Waals surface area contributed by atoms with Crippen molar-refractivity contribution < 1.29 is 35.0 Å². The number of fused-ring (bicyclic) bond motifs is 1. The fraction of sp³-hybridized carbons (Fsp3) is 0.643. The molecule has 0 aromatic carbocycles. The Kier molecular flexibility index (Phi) is 7.25. The molecule has 2 saturated heterocycles. The minimum atomic E-state index is -8.55. The molecule has 0 aliphatic carbocycles. The molecule has 0 saturated carbocycles. The molecule has 4 heterocycles. The number of aromatic nitrogens is 4. The second kappa shape index (κ2) is 8.94. The van der Waals surface area contributed by atoms with E-state index in [0.717, 1.165) is 49.5 Å². The third-order valence-electron chi connectivity index (χ3n) is 4.49. The van der Waals surface area contributed by atoms with Gasteiger partial charge in [-0.3, -0.25) is 9.80 Å². The molecule has 0 radical (unpaired) electrons. The van der Waals surface area contributed by atoms with E-state index in [4.69, 9.17) is 4.74 Å². The Bertz CT molecular complexity index is 842. The molecule has 4 rings (SSSR count). The topological polar surface area (TPSA) is 72.3 Å². The number of likely N-dealkylation sites (tertiary alicyclic amines) is 1. The predicted octanol–water partition coefficient (Wildman–Crippen LogP) is 0.129. The molecule has 0 spiro atoms. The van der Waals surface area contributed by atoms with Crippen molar-refractivity contribution in [1.29, 1.82) is 0 Å². The number of morpholine rings is 1. The summed E-state index contributed by atoms with van der Waals surface area (Å²) < 4.78 is 57.4. The van der Waals surface area contributed by atoms with Crippen LogP contribution in [0.25, 0.3) is 11.2 Å². The molecule has 15 heteroatoms. The molecular weight excluding hydrogens is 429 g/mol. The minimum Gasteiger partial charge on any atom is -1.00 e. The standard InChI is InChI=1S/C14H21N6O2.F5P.FH/c21-20-13-12(4-3-5-15-13)19(16-20)14(17-6-1-2-7-17)18-8-10-22-11-9-18;1-6(2,3,4)5;/h3-5,14H,1-2,6-11H2,(H,16,21);;1H/q+1;;/p-1. The van der Waals surface area contributed by atoms with E-state index in [1.54, 1.807) is 6.20 Å². The van der Waals surface area contributed by atoms with Gasteiger partial charge in [-0.05, 0) is 25.0 Å². The van der Waals surface area contributed by atoms with Gasteiger partial charge in [0.15, 0.2) is 0 Å². The van der Waals surface area contributed by atoms with Crippen LogP contribution in [0.1, 0.15) is 19.1 Å². The molecule has 1 atom stereocenters. The van der Waals surface area contributed by atoms with Crippen molar-refractivity contribution in [3.05, 3.63) is 23.2 Å². The number of aromatic amines is 1. The van der Waals surface area contributed by atoms with E-state index in [2.05, 4.69) is 20.0 Å². The number of hydrogen-bond acceptors (Lipinski definition) is 5. The van der Waals surface area contributed by atoms with Crippen LogP contribution in [-0.2, 0) is 4.74 Å². The van der Waals surface area contributed by atoms with Gasteiger partial charge in [0.2, 0.25) is 11.8 Å².